The largest absolute Gasteiger partial charge is 0.459 e. The molecular weight excluding hydrogens is 296 g/mol. The van der Waals surface area contributed by atoms with Crippen molar-refractivity contribution < 1.29 is 19.1 Å². The van der Waals surface area contributed by atoms with E-state index >= 15 is 0 Å². The number of carbonyl (C=O) groups excluding carboxylic acids is 2. The lowest BCUT2D eigenvalue weighted by molar-refractivity contribution is -0.146. The Hall–Kier alpha value is -2.86. The van der Waals surface area contributed by atoms with E-state index in [1.54, 1.807) is 0 Å². The summed E-state index contributed by atoms with van der Waals surface area (Å²) in [4.78, 5) is 23.4. The van der Waals surface area contributed by atoms with Crippen molar-refractivity contribution in [2.45, 2.75) is 13.2 Å². The Balaban J connectivity index is 1.71. The van der Waals surface area contributed by atoms with Crippen molar-refractivity contribution in [3.63, 3.8) is 0 Å². The summed E-state index contributed by atoms with van der Waals surface area (Å²) in [6, 6.07) is 18.4. The molecule has 0 saturated carbocycles. The zero-order valence-corrected chi connectivity index (χ0v) is 12.6. The molecule has 1 amide bonds. The minimum Gasteiger partial charge on any atom is -0.459 e. The maximum atomic E-state index is 11.7. The van der Waals surface area contributed by atoms with Gasteiger partial charge in [-0.3, -0.25) is 4.79 Å². The second kappa shape index (κ2) is 8.55. The van der Waals surface area contributed by atoms with Crippen LogP contribution in [0.3, 0.4) is 0 Å². The number of rotatable bonds is 6. The number of carbonyl (C=O) groups is 2. The lowest BCUT2D eigenvalue weighted by Crippen LogP contribution is -2.42. The number of amides is 1. The fourth-order valence-corrected chi connectivity index (χ4v) is 1.79. The molecule has 23 heavy (non-hydrogen) atoms. The topological polar surface area (TPSA) is 81.9 Å². The average Bonchev–Trinajstić information content (AvgIpc) is 2.59. The van der Waals surface area contributed by atoms with Crippen LogP contribution in [0.15, 0.2) is 60.7 Å². The fraction of sp³-hybridized carbons (Fsp3) is 0.176. The van der Waals surface area contributed by atoms with Gasteiger partial charge in [-0.25, -0.2) is 15.6 Å². The molecule has 2 N–H and O–H groups in total. The molecule has 2 aromatic carbocycles. The van der Waals surface area contributed by atoms with E-state index in [1.807, 2.05) is 60.7 Å². The number of nitrogens with two attached hydrogens (primary N) is 1. The SMILES string of the molecule is NN(CC(=O)OCc1ccccc1)C(=O)OCc1ccccc1. The van der Waals surface area contributed by atoms with E-state index < -0.39 is 12.1 Å². The van der Waals surface area contributed by atoms with Gasteiger partial charge in [0.2, 0.25) is 0 Å². The van der Waals surface area contributed by atoms with E-state index in [9.17, 15) is 9.59 Å². The molecule has 0 aliphatic rings. The van der Waals surface area contributed by atoms with Crippen molar-refractivity contribution in [3.05, 3.63) is 71.8 Å². The summed E-state index contributed by atoms with van der Waals surface area (Å²) in [5.74, 6) is 4.91. The Morgan fingerprint density at radius 2 is 1.30 bits per heavy atom. The number of ether oxygens (including phenoxy) is 2. The molecule has 0 bridgehead atoms. The Labute approximate surface area is 134 Å². The second-order valence-electron chi connectivity index (χ2n) is 4.81. The maximum absolute atomic E-state index is 11.7. The van der Waals surface area contributed by atoms with Gasteiger partial charge in [-0.05, 0) is 11.1 Å². The summed E-state index contributed by atoms with van der Waals surface area (Å²) in [7, 11) is 0. The van der Waals surface area contributed by atoms with Crippen molar-refractivity contribution in [2.75, 3.05) is 6.54 Å². The number of esters is 1. The zero-order chi connectivity index (χ0) is 16.5. The van der Waals surface area contributed by atoms with E-state index in [-0.39, 0.29) is 19.8 Å². The predicted octanol–water partition coefficient (Wildman–Crippen LogP) is 2.24. The van der Waals surface area contributed by atoms with E-state index in [2.05, 4.69) is 0 Å². The van der Waals surface area contributed by atoms with Crippen LogP contribution < -0.4 is 5.84 Å². The van der Waals surface area contributed by atoms with Crippen LogP contribution >= 0.6 is 0 Å². The number of benzene rings is 2. The smallest absolute Gasteiger partial charge is 0.424 e. The Morgan fingerprint density at radius 3 is 1.83 bits per heavy atom. The molecule has 0 heterocycles. The number of hydrogen-bond donors (Lipinski definition) is 1. The highest BCUT2D eigenvalue weighted by Crippen LogP contribution is 2.03. The highest BCUT2D eigenvalue weighted by Gasteiger charge is 2.16. The summed E-state index contributed by atoms with van der Waals surface area (Å²) in [6.45, 7) is -0.153. The van der Waals surface area contributed by atoms with Gasteiger partial charge in [0.1, 0.15) is 19.8 Å². The summed E-state index contributed by atoms with van der Waals surface area (Å²) in [6.07, 6.45) is -0.787. The van der Waals surface area contributed by atoms with Gasteiger partial charge < -0.3 is 9.47 Å². The zero-order valence-electron chi connectivity index (χ0n) is 12.6. The van der Waals surface area contributed by atoms with Gasteiger partial charge in [-0.1, -0.05) is 60.7 Å². The van der Waals surface area contributed by atoms with Gasteiger partial charge in [0.05, 0.1) is 0 Å². The standard InChI is InChI=1S/C17H18N2O4/c18-19(17(21)23-13-15-9-5-2-6-10-15)11-16(20)22-12-14-7-3-1-4-8-14/h1-10H,11-13,18H2. The van der Waals surface area contributed by atoms with Gasteiger partial charge in [0.15, 0.2) is 0 Å². The third-order valence-electron chi connectivity index (χ3n) is 2.98. The Bertz CT molecular complexity index is 632. The van der Waals surface area contributed by atoms with Crippen LogP contribution in [0.4, 0.5) is 4.79 Å². The maximum Gasteiger partial charge on any atom is 0.424 e. The van der Waals surface area contributed by atoms with Gasteiger partial charge in [-0.15, -0.1) is 0 Å². The fourth-order valence-electron chi connectivity index (χ4n) is 1.79. The average molecular weight is 314 g/mol. The van der Waals surface area contributed by atoms with Crippen LogP contribution in [-0.2, 0) is 27.5 Å². The van der Waals surface area contributed by atoms with Crippen LogP contribution in [0.2, 0.25) is 0 Å². The van der Waals surface area contributed by atoms with Crippen LogP contribution in [-0.4, -0.2) is 23.6 Å². The van der Waals surface area contributed by atoms with Gasteiger partial charge in [-0.2, -0.15) is 0 Å². The van der Waals surface area contributed by atoms with Crippen LogP contribution in [0.1, 0.15) is 11.1 Å². The minimum absolute atomic E-state index is 0.0897. The summed E-state index contributed by atoms with van der Waals surface area (Å²) < 4.78 is 10.1. The van der Waals surface area contributed by atoms with Crippen molar-refractivity contribution in [3.8, 4) is 0 Å². The second-order valence-corrected chi connectivity index (χ2v) is 4.81. The number of hydrazine groups is 1. The summed E-state index contributed by atoms with van der Waals surface area (Å²) >= 11 is 0. The van der Waals surface area contributed by atoms with Gasteiger partial charge >= 0.3 is 12.1 Å². The molecule has 0 saturated heterocycles. The molecule has 0 radical (unpaired) electrons. The van der Waals surface area contributed by atoms with E-state index in [1.165, 1.54) is 0 Å². The van der Waals surface area contributed by atoms with Gasteiger partial charge in [0.25, 0.3) is 0 Å². The Kier molecular flexibility index (Phi) is 6.14. The molecule has 2 aromatic rings. The molecule has 2 rings (SSSR count). The molecule has 0 aromatic heterocycles. The normalized spacial score (nSPS) is 9.96. The summed E-state index contributed by atoms with van der Waals surface area (Å²) in [5, 5.41) is 0.691. The minimum atomic E-state index is -0.787. The lowest BCUT2D eigenvalue weighted by Gasteiger charge is -2.15. The molecule has 0 atom stereocenters. The predicted molar refractivity (Wildman–Crippen MR) is 83.8 cm³/mol. The summed E-state index contributed by atoms with van der Waals surface area (Å²) in [5.41, 5.74) is 1.69. The van der Waals surface area contributed by atoms with Crippen molar-refractivity contribution in [1.29, 1.82) is 0 Å². The monoisotopic (exact) mass is 314 g/mol. The first-order chi connectivity index (χ1) is 11.1. The van der Waals surface area contributed by atoms with Crippen LogP contribution in [0, 0.1) is 0 Å². The molecule has 6 nitrogen and oxygen atoms in total. The van der Waals surface area contributed by atoms with E-state index in [0.717, 1.165) is 11.1 Å². The number of hydrogen-bond acceptors (Lipinski definition) is 5. The third-order valence-corrected chi connectivity index (χ3v) is 2.98. The van der Waals surface area contributed by atoms with E-state index in [0.29, 0.717) is 5.01 Å². The quantitative estimate of drug-likeness (QED) is 0.383. The highest BCUT2D eigenvalue weighted by molar-refractivity contribution is 5.77. The van der Waals surface area contributed by atoms with Crippen LogP contribution in [0.5, 0.6) is 0 Å². The van der Waals surface area contributed by atoms with Crippen molar-refractivity contribution >= 4 is 12.1 Å². The lowest BCUT2D eigenvalue weighted by atomic mass is 10.2. The molecule has 120 valence electrons. The molecular formula is C17H18N2O4. The Morgan fingerprint density at radius 1 is 0.826 bits per heavy atom. The van der Waals surface area contributed by atoms with Crippen LogP contribution in [0.25, 0.3) is 0 Å². The van der Waals surface area contributed by atoms with E-state index in [4.69, 9.17) is 15.3 Å². The molecule has 0 unspecified atom stereocenters. The van der Waals surface area contributed by atoms with Gasteiger partial charge in [0, 0.05) is 0 Å². The first kappa shape index (κ1) is 16.5. The third kappa shape index (κ3) is 5.80. The number of nitrogens with zero attached hydrogens (tertiary/aromatic N) is 1. The highest BCUT2D eigenvalue weighted by atomic mass is 16.6. The molecule has 0 fully saturated rings. The molecule has 0 spiro atoms. The first-order valence-electron chi connectivity index (χ1n) is 7.07. The van der Waals surface area contributed by atoms with Crippen molar-refractivity contribution in [1.82, 2.24) is 5.01 Å². The molecule has 0 aliphatic carbocycles. The molecule has 0 aliphatic heterocycles. The van der Waals surface area contributed by atoms with Crippen molar-refractivity contribution in [2.24, 2.45) is 5.84 Å². The first-order valence-corrected chi connectivity index (χ1v) is 7.07. The molecule has 6 heteroatoms.